The highest BCUT2D eigenvalue weighted by atomic mass is 16.5. The number of carboxylic acids is 1. The lowest BCUT2D eigenvalue weighted by Crippen LogP contribution is -2.56. The largest absolute Gasteiger partial charge is 0.493 e. The Kier molecular flexibility index (Phi) is 9.46. The van der Waals surface area contributed by atoms with Crippen molar-refractivity contribution in [3.05, 3.63) is 23.8 Å². The number of carboxylic acid groups (broad SMARTS) is 1. The molecule has 0 aromatic heterocycles. The van der Waals surface area contributed by atoms with Crippen LogP contribution in [0, 0.1) is 0 Å². The Morgan fingerprint density at radius 3 is 2.39 bits per heavy atom. The SMILES string of the molecule is C[C@@H]1O[C@@H](CCCOc2cc(OCC(=O)O)cc(C(=O)NCCO)c2)[C@@H](O)[C@H](O)[C@@H]1O. The Morgan fingerprint density at radius 2 is 1.74 bits per heavy atom. The van der Waals surface area contributed by atoms with E-state index in [1.54, 1.807) is 6.92 Å². The smallest absolute Gasteiger partial charge is 0.341 e. The van der Waals surface area contributed by atoms with Crippen molar-refractivity contribution in [2.24, 2.45) is 0 Å². The van der Waals surface area contributed by atoms with Crippen molar-refractivity contribution in [3.8, 4) is 11.5 Å². The second-order valence-electron chi connectivity index (χ2n) is 7.20. The monoisotopic (exact) mass is 443 g/mol. The summed E-state index contributed by atoms with van der Waals surface area (Å²) >= 11 is 0. The number of aliphatic carboxylic acids is 1. The van der Waals surface area contributed by atoms with Crippen LogP contribution in [0.2, 0.25) is 0 Å². The molecule has 1 heterocycles. The number of benzene rings is 1. The van der Waals surface area contributed by atoms with Gasteiger partial charge in [0.15, 0.2) is 6.61 Å². The van der Waals surface area contributed by atoms with Crippen LogP contribution >= 0.6 is 0 Å². The van der Waals surface area contributed by atoms with E-state index in [0.29, 0.717) is 12.8 Å². The van der Waals surface area contributed by atoms with E-state index in [2.05, 4.69) is 5.32 Å². The second kappa shape index (κ2) is 11.8. The van der Waals surface area contributed by atoms with Crippen LogP contribution in [0.25, 0.3) is 0 Å². The zero-order valence-corrected chi connectivity index (χ0v) is 17.1. The molecule has 11 heteroatoms. The van der Waals surface area contributed by atoms with Crippen molar-refractivity contribution in [2.45, 2.75) is 50.3 Å². The third-order valence-corrected chi connectivity index (χ3v) is 4.75. The fraction of sp³-hybridized carbons (Fsp3) is 0.600. The van der Waals surface area contributed by atoms with Gasteiger partial charge >= 0.3 is 5.97 Å². The first-order valence-corrected chi connectivity index (χ1v) is 9.94. The molecule has 2 rings (SSSR count). The molecule has 1 aliphatic heterocycles. The van der Waals surface area contributed by atoms with Crippen LogP contribution < -0.4 is 14.8 Å². The molecular formula is C20H29NO10. The first-order valence-electron chi connectivity index (χ1n) is 9.94. The molecular weight excluding hydrogens is 414 g/mol. The molecule has 0 spiro atoms. The average Bonchev–Trinajstić information content (AvgIpc) is 2.75. The summed E-state index contributed by atoms with van der Waals surface area (Å²) in [7, 11) is 0. The Morgan fingerprint density at radius 1 is 1.06 bits per heavy atom. The molecule has 11 nitrogen and oxygen atoms in total. The van der Waals surface area contributed by atoms with Gasteiger partial charge in [-0.3, -0.25) is 4.79 Å². The molecule has 0 bridgehead atoms. The third-order valence-electron chi connectivity index (χ3n) is 4.75. The van der Waals surface area contributed by atoms with Crippen LogP contribution in [-0.2, 0) is 9.53 Å². The summed E-state index contributed by atoms with van der Waals surface area (Å²) in [6.45, 7) is 1.01. The number of carbonyl (C=O) groups is 2. The number of aliphatic hydroxyl groups excluding tert-OH is 4. The lowest BCUT2D eigenvalue weighted by Gasteiger charge is -2.39. The Labute approximate surface area is 179 Å². The second-order valence-corrected chi connectivity index (χ2v) is 7.20. The maximum atomic E-state index is 12.2. The minimum absolute atomic E-state index is 0.0535. The number of rotatable bonds is 11. The molecule has 1 aromatic carbocycles. The highest BCUT2D eigenvalue weighted by Crippen LogP contribution is 2.26. The Bertz CT molecular complexity index is 743. The van der Waals surface area contributed by atoms with Crippen LogP contribution in [-0.4, -0.2) is 94.3 Å². The van der Waals surface area contributed by atoms with Crippen LogP contribution in [0.3, 0.4) is 0 Å². The predicted molar refractivity (Wildman–Crippen MR) is 106 cm³/mol. The molecule has 1 aromatic rings. The van der Waals surface area contributed by atoms with E-state index in [1.165, 1.54) is 18.2 Å². The molecule has 5 atom stereocenters. The molecule has 174 valence electrons. The highest BCUT2D eigenvalue weighted by Gasteiger charge is 2.41. The number of aliphatic hydroxyl groups is 4. The average molecular weight is 443 g/mol. The predicted octanol–water partition coefficient (Wildman–Crippen LogP) is -1.10. The van der Waals surface area contributed by atoms with Gasteiger partial charge in [-0.05, 0) is 31.9 Å². The first kappa shape index (κ1) is 24.8. The van der Waals surface area contributed by atoms with E-state index in [1.807, 2.05) is 0 Å². The van der Waals surface area contributed by atoms with Crippen LogP contribution in [0.15, 0.2) is 18.2 Å². The lowest BCUT2D eigenvalue weighted by molar-refractivity contribution is -0.218. The molecule has 1 saturated heterocycles. The molecule has 31 heavy (non-hydrogen) atoms. The molecule has 0 radical (unpaired) electrons. The summed E-state index contributed by atoms with van der Waals surface area (Å²) in [6, 6.07) is 4.26. The summed E-state index contributed by atoms with van der Waals surface area (Å²) in [5.74, 6) is -1.26. The summed E-state index contributed by atoms with van der Waals surface area (Å²) in [5.41, 5.74) is 0.170. The number of hydrogen-bond acceptors (Lipinski definition) is 9. The van der Waals surface area contributed by atoms with E-state index in [4.69, 9.17) is 24.4 Å². The van der Waals surface area contributed by atoms with Crippen LogP contribution in [0.1, 0.15) is 30.1 Å². The summed E-state index contributed by atoms with van der Waals surface area (Å²) < 4.78 is 16.3. The van der Waals surface area contributed by atoms with E-state index in [0.717, 1.165) is 0 Å². The fourth-order valence-electron chi connectivity index (χ4n) is 3.14. The molecule has 1 aliphatic rings. The third kappa shape index (κ3) is 7.33. The maximum Gasteiger partial charge on any atom is 0.341 e. The Hall–Kier alpha value is -2.44. The molecule has 6 N–H and O–H groups in total. The van der Waals surface area contributed by atoms with Crippen molar-refractivity contribution < 1.29 is 49.3 Å². The van der Waals surface area contributed by atoms with Crippen molar-refractivity contribution in [3.63, 3.8) is 0 Å². The van der Waals surface area contributed by atoms with Crippen LogP contribution in [0.5, 0.6) is 11.5 Å². The zero-order chi connectivity index (χ0) is 23.0. The number of amides is 1. The normalized spacial score (nSPS) is 25.6. The van der Waals surface area contributed by atoms with Gasteiger partial charge < -0.3 is 45.1 Å². The van der Waals surface area contributed by atoms with Crippen molar-refractivity contribution in [1.82, 2.24) is 5.32 Å². The summed E-state index contributed by atoms with van der Waals surface area (Å²) in [4.78, 5) is 22.9. The van der Waals surface area contributed by atoms with Crippen molar-refractivity contribution in [2.75, 3.05) is 26.4 Å². The van der Waals surface area contributed by atoms with E-state index < -0.39 is 49.0 Å². The van der Waals surface area contributed by atoms with E-state index in [-0.39, 0.29) is 36.8 Å². The standard InChI is InChI=1S/C20H29NO10/c1-11-17(25)19(27)18(26)15(31-11)3-2-6-29-13-7-12(20(28)21-4-5-22)8-14(9-13)30-10-16(23)24/h7-9,11,15,17-19,22,25-27H,2-6,10H2,1H3,(H,21,28)(H,23,24)/t11-,15-,17+,18+,19+/m0/s1. The minimum Gasteiger partial charge on any atom is -0.493 e. The molecule has 1 fully saturated rings. The number of nitrogens with one attached hydrogen (secondary N) is 1. The highest BCUT2D eigenvalue weighted by molar-refractivity contribution is 5.95. The molecule has 0 aliphatic carbocycles. The van der Waals surface area contributed by atoms with Gasteiger partial charge in [0, 0.05) is 18.2 Å². The van der Waals surface area contributed by atoms with Crippen molar-refractivity contribution in [1.29, 1.82) is 0 Å². The van der Waals surface area contributed by atoms with E-state index in [9.17, 15) is 24.9 Å². The van der Waals surface area contributed by atoms with Crippen LogP contribution in [0.4, 0.5) is 0 Å². The Balaban J connectivity index is 1.96. The number of carbonyl (C=O) groups excluding carboxylic acids is 1. The van der Waals surface area contributed by atoms with Gasteiger partial charge in [0.05, 0.1) is 25.4 Å². The quantitative estimate of drug-likeness (QED) is 0.230. The first-order chi connectivity index (χ1) is 14.7. The molecule has 0 saturated carbocycles. The van der Waals surface area contributed by atoms with Gasteiger partial charge in [-0.15, -0.1) is 0 Å². The van der Waals surface area contributed by atoms with Gasteiger partial charge in [0.1, 0.15) is 29.8 Å². The van der Waals surface area contributed by atoms with Gasteiger partial charge in [0.25, 0.3) is 5.91 Å². The van der Waals surface area contributed by atoms with Gasteiger partial charge in [-0.2, -0.15) is 0 Å². The van der Waals surface area contributed by atoms with E-state index >= 15 is 0 Å². The number of hydrogen-bond donors (Lipinski definition) is 6. The topological polar surface area (TPSA) is 175 Å². The van der Waals surface area contributed by atoms with Gasteiger partial charge in [0.2, 0.25) is 0 Å². The number of ether oxygens (including phenoxy) is 3. The lowest BCUT2D eigenvalue weighted by atomic mass is 9.93. The van der Waals surface area contributed by atoms with Crippen molar-refractivity contribution >= 4 is 11.9 Å². The summed E-state index contributed by atoms with van der Waals surface area (Å²) in [5, 5.41) is 49.8. The minimum atomic E-state index is -1.29. The maximum absolute atomic E-state index is 12.2. The molecule has 1 amide bonds. The molecule has 0 unspecified atom stereocenters. The van der Waals surface area contributed by atoms with Gasteiger partial charge in [-0.1, -0.05) is 0 Å². The van der Waals surface area contributed by atoms with Gasteiger partial charge in [-0.25, -0.2) is 4.79 Å². The zero-order valence-electron chi connectivity index (χ0n) is 17.1. The fourth-order valence-corrected chi connectivity index (χ4v) is 3.14. The summed E-state index contributed by atoms with van der Waals surface area (Å²) in [6.07, 6.45) is -4.17.